The summed E-state index contributed by atoms with van der Waals surface area (Å²) in [5, 5.41) is 8.97. The van der Waals surface area contributed by atoms with Crippen molar-refractivity contribution in [3.63, 3.8) is 0 Å². The lowest BCUT2D eigenvalue weighted by atomic mass is 10.1. The van der Waals surface area contributed by atoms with Gasteiger partial charge in [0, 0.05) is 4.47 Å². The normalized spacial score (nSPS) is 10.4. The molecule has 1 aromatic carbocycles. The van der Waals surface area contributed by atoms with Gasteiger partial charge in [0.25, 0.3) is 0 Å². The number of hydrogen-bond acceptors (Lipinski definition) is 3. The Morgan fingerprint density at radius 2 is 2.25 bits per heavy atom. The van der Waals surface area contributed by atoms with E-state index in [9.17, 15) is 4.79 Å². The fourth-order valence-electron chi connectivity index (χ4n) is 1.39. The van der Waals surface area contributed by atoms with Crippen molar-refractivity contribution in [1.82, 2.24) is 4.98 Å². The Labute approximate surface area is 105 Å². The zero-order valence-electron chi connectivity index (χ0n) is 8.40. The summed E-state index contributed by atoms with van der Waals surface area (Å²) < 4.78 is 1.01. The van der Waals surface area contributed by atoms with Crippen LogP contribution in [0.5, 0.6) is 0 Å². The van der Waals surface area contributed by atoms with Crippen LogP contribution < -0.4 is 0 Å². The molecule has 0 amide bonds. The third-order valence-corrected chi connectivity index (χ3v) is 3.96. The average molecular weight is 298 g/mol. The van der Waals surface area contributed by atoms with Gasteiger partial charge in [0.1, 0.15) is 0 Å². The van der Waals surface area contributed by atoms with Gasteiger partial charge in [-0.15, -0.1) is 11.3 Å². The van der Waals surface area contributed by atoms with Gasteiger partial charge in [-0.3, -0.25) is 0 Å². The molecule has 16 heavy (non-hydrogen) atoms. The molecule has 3 nitrogen and oxygen atoms in total. The van der Waals surface area contributed by atoms with E-state index >= 15 is 0 Å². The second kappa shape index (κ2) is 4.35. The minimum atomic E-state index is -0.989. The van der Waals surface area contributed by atoms with E-state index in [4.69, 9.17) is 5.11 Å². The van der Waals surface area contributed by atoms with Gasteiger partial charge in [-0.25, -0.2) is 9.78 Å². The van der Waals surface area contributed by atoms with Gasteiger partial charge in [-0.2, -0.15) is 0 Å². The third-order valence-electron chi connectivity index (χ3n) is 2.19. The highest BCUT2D eigenvalue weighted by Crippen LogP contribution is 2.30. The number of aryl methyl sites for hydroxylation is 1. The summed E-state index contributed by atoms with van der Waals surface area (Å²) in [6.07, 6.45) is 0. The van der Waals surface area contributed by atoms with E-state index in [1.165, 1.54) is 11.3 Å². The highest BCUT2D eigenvalue weighted by molar-refractivity contribution is 9.10. The first-order valence-corrected chi connectivity index (χ1v) is 6.20. The van der Waals surface area contributed by atoms with Crippen molar-refractivity contribution >= 4 is 33.2 Å². The van der Waals surface area contributed by atoms with E-state index in [-0.39, 0.29) is 5.69 Å². The lowest BCUT2D eigenvalue weighted by Gasteiger charge is -2.02. The second-order valence-corrected chi connectivity index (χ2v) is 5.01. The fraction of sp³-hybridized carbons (Fsp3) is 0.0909. The zero-order valence-corrected chi connectivity index (χ0v) is 10.8. The predicted molar refractivity (Wildman–Crippen MR) is 66.9 cm³/mol. The zero-order chi connectivity index (χ0) is 11.7. The van der Waals surface area contributed by atoms with Crippen molar-refractivity contribution in [1.29, 1.82) is 0 Å². The molecule has 0 unspecified atom stereocenters. The van der Waals surface area contributed by atoms with Crippen molar-refractivity contribution < 1.29 is 9.90 Å². The van der Waals surface area contributed by atoms with Gasteiger partial charge in [-0.05, 0) is 30.2 Å². The largest absolute Gasteiger partial charge is 0.476 e. The molecule has 5 heteroatoms. The van der Waals surface area contributed by atoms with Crippen LogP contribution in [-0.4, -0.2) is 16.1 Å². The van der Waals surface area contributed by atoms with Crippen molar-refractivity contribution in [2.24, 2.45) is 0 Å². The van der Waals surface area contributed by atoms with Crippen LogP contribution >= 0.6 is 27.3 Å². The van der Waals surface area contributed by atoms with Gasteiger partial charge in [0.15, 0.2) is 5.69 Å². The van der Waals surface area contributed by atoms with Gasteiger partial charge < -0.3 is 5.11 Å². The van der Waals surface area contributed by atoms with Crippen molar-refractivity contribution in [2.45, 2.75) is 6.92 Å². The van der Waals surface area contributed by atoms with E-state index in [0.29, 0.717) is 4.88 Å². The maximum absolute atomic E-state index is 10.9. The van der Waals surface area contributed by atoms with Gasteiger partial charge in [0.05, 0.1) is 10.4 Å². The minimum absolute atomic E-state index is 0.117. The van der Waals surface area contributed by atoms with Crippen LogP contribution in [0.25, 0.3) is 10.4 Å². The quantitative estimate of drug-likeness (QED) is 0.922. The molecule has 0 saturated heterocycles. The average Bonchev–Trinajstić information content (AvgIpc) is 2.71. The first-order chi connectivity index (χ1) is 7.59. The summed E-state index contributed by atoms with van der Waals surface area (Å²) in [5.41, 5.74) is 3.63. The molecule has 0 radical (unpaired) electrons. The highest BCUT2D eigenvalue weighted by atomic mass is 79.9. The Bertz CT molecular complexity index is 551. The van der Waals surface area contributed by atoms with Crippen molar-refractivity contribution in [3.05, 3.63) is 39.4 Å². The summed E-state index contributed by atoms with van der Waals surface area (Å²) in [6, 6.07) is 5.75. The molecule has 0 saturated carbocycles. The lowest BCUT2D eigenvalue weighted by molar-refractivity contribution is 0.0692. The van der Waals surface area contributed by atoms with Crippen LogP contribution in [0, 0.1) is 6.92 Å². The monoisotopic (exact) mass is 297 g/mol. The molecule has 0 bridgehead atoms. The van der Waals surface area contributed by atoms with E-state index in [0.717, 1.165) is 15.6 Å². The standard InChI is InChI=1S/C11H8BrNO2S/c1-6-4-7(2-3-8(6)12)10-9(11(14)15)13-5-16-10/h2-5H,1H3,(H,14,15). The molecule has 0 fully saturated rings. The summed E-state index contributed by atoms with van der Waals surface area (Å²) in [7, 11) is 0. The molecular weight excluding hydrogens is 290 g/mol. The van der Waals surface area contributed by atoms with Gasteiger partial charge >= 0.3 is 5.97 Å². The molecule has 0 spiro atoms. The van der Waals surface area contributed by atoms with Gasteiger partial charge in [-0.1, -0.05) is 22.0 Å². The number of carboxylic acid groups (broad SMARTS) is 1. The summed E-state index contributed by atoms with van der Waals surface area (Å²) in [4.78, 5) is 15.5. The van der Waals surface area contributed by atoms with E-state index in [1.54, 1.807) is 5.51 Å². The van der Waals surface area contributed by atoms with Crippen LogP contribution in [0.4, 0.5) is 0 Å². The molecule has 1 N–H and O–H groups in total. The molecule has 0 aliphatic heterocycles. The number of halogens is 1. The first-order valence-electron chi connectivity index (χ1n) is 4.53. The molecule has 0 aliphatic carbocycles. The fourth-order valence-corrected chi connectivity index (χ4v) is 2.41. The Balaban J connectivity index is 2.54. The van der Waals surface area contributed by atoms with Crippen molar-refractivity contribution in [2.75, 3.05) is 0 Å². The summed E-state index contributed by atoms with van der Waals surface area (Å²) in [5.74, 6) is -0.989. The maximum atomic E-state index is 10.9. The Hall–Kier alpha value is -1.20. The third kappa shape index (κ3) is 2.01. The Morgan fingerprint density at radius 1 is 1.50 bits per heavy atom. The SMILES string of the molecule is Cc1cc(-c2scnc2C(=O)O)ccc1Br. The highest BCUT2D eigenvalue weighted by Gasteiger charge is 2.15. The molecule has 1 heterocycles. The number of nitrogens with zero attached hydrogens (tertiary/aromatic N) is 1. The van der Waals surface area contributed by atoms with E-state index in [2.05, 4.69) is 20.9 Å². The number of aromatic nitrogens is 1. The predicted octanol–water partition coefficient (Wildman–Crippen LogP) is 3.58. The van der Waals surface area contributed by atoms with Crippen LogP contribution in [0.1, 0.15) is 16.1 Å². The number of benzene rings is 1. The molecular formula is C11H8BrNO2S. The van der Waals surface area contributed by atoms with E-state index < -0.39 is 5.97 Å². The van der Waals surface area contributed by atoms with Gasteiger partial charge in [0.2, 0.25) is 0 Å². The topological polar surface area (TPSA) is 50.2 Å². The van der Waals surface area contributed by atoms with E-state index in [1.807, 2.05) is 25.1 Å². The van der Waals surface area contributed by atoms with Crippen LogP contribution in [0.2, 0.25) is 0 Å². The molecule has 2 aromatic rings. The van der Waals surface area contributed by atoms with Crippen LogP contribution in [0.3, 0.4) is 0 Å². The lowest BCUT2D eigenvalue weighted by Crippen LogP contribution is -1.98. The number of aromatic carboxylic acids is 1. The number of hydrogen-bond donors (Lipinski definition) is 1. The molecule has 1 aromatic heterocycles. The number of carboxylic acids is 1. The molecule has 2 rings (SSSR count). The molecule has 0 atom stereocenters. The number of rotatable bonds is 2. The first kappa shape index (κ1) is 11.3. The maximum Gasteiger partial charge on any atom is 0.356 e. The second-order valence-electron chi connectivity index (χ2n) is 3.30. The molecule has 82 valence electrons. The number of thiazole rings is 1. The minimum Gasteiger partial charge on any atom is -0.476 e. The number of carbonyl (C=O) groups is 1. The smallest absolute Gasteiger partial charge is 0.356 e. The van der Waals surface area contributed by atoms with Crippen LogP contribution in [-0.2, 0) is 0 Å². The van der Waals surface area contributed by atoms with Crippen molar-refractivity contribution in [3.8, 4) is 10.4 Å². The Morgan fingerprint density at radius 3 is 2.88 bits per heavy atom. The summed E-state index contributed by atoms with van der Waals surface area (Å²) >= 11 is 4.75. The van der Waals surface area contributed by atoms with Crippen LogP contribution in [0.15, 0.2) is 28.2 Å². The molecule has 0 aliphatic rings. The summed E-state index contributed by atoms with van der Waals surface area (Å²) in [6.45, 7) is 1.97. The Kier molecular flexibility index (Phi) is 3.07.